The number of imidazole rings is 1. The third-order valence-electron chi connectivity index (χ3n) is 6.37. The Morgan fingerprint density at radius 1 is 1.19 bits per heavy atom. The predicted molar refractivity (Wildman–Crippen MR) is 130 cm³/mol. The SMILES string of the molecule is Cc1cc(-c2cnc(NCc3c(F)ccc4c3CCO4)n3cc(CN(CCF)CCF)nc23)n(C)n1. The first-order valence-corrected chi connectivity index (χ1v) is 11.9. The molecule has 1 aliphatic heterocycles. The number of nitrogens with zero attached hydrogens (tertiary/aromatic N) is 6. The van der Waals surface area contributed by atoms with Gasteiger partial charge in [0.1, 0.15) is 24.9 Å². The van der Waals surface area contributed by atoms with E-state index in [1.807, 2.05) is 20.0 Å². The molecule has 3 aromatic heterocycles. The highest BCUT2D eigenvalue weighted by Crippen LogP contribution is 2.31. The van der Waals surface area contributed by atoms with Gasteiger partial charge in [-0.1, -0.05) is 0 Å². The van der Waals surface area contributed by atoms with Crippen molar-refractivity contribution in [3.63, 3.8) is 0 Å². The highest BCUT2D eigenvalue weighted by molar-refractivity contribution is 5.76. The Morgan fingerprint density at radius 2 is 2.00 bits per heavy atom. The van der Waals surface area contributed by atoms with Crippen LogP contribution in [-0.2, 0) is 26.6 Å². The van der Waals surface area contributed by atoms with Crippen molar-refractivity contribution >= 4 is 11.6 Å². The molecule has 8 nitrogen and oxygen atoms in total. The topological polar surface area (TPSA) is 72.5 Å². The van der Waals surface area contributed by atoms with Crippen molar-refractivity contribution in [2.24, 2.45) is 7.05 Å². The van der Waals surface area contributed by atoms with Gasteiger partial charge in [0.05, 0.1) is 29.3 Å². The van der Waals surface area contributed by atoms with Crippen LogP contribution in [0.3, 0.4) is 0 Å². The molecule has 0 unspecified atom stereocenters. The van der Waals surface area contributed by atoms with Gasteiger partial charge < -0.3 is 10.1 Å². The maximum absolute atomic E-state index is 14.7. The number of halogens is 3. The zero-order valence-electron chi connectivity index (χ0n) is 20.3. The Balaban J connectivity index is 1.53. The average Bonchev–Trinajstić information content (AvgIpc) is 3.57. The number of nitrogens with one attached hydrogen (secondary N) is 1. The fourth-order valence-electron chi connectivity index (χ4n) is 4.69. The molecule has 0 saturated heterocycles. The molecule has 0 amide bonds. The molecule has 4 aromatic rings. The molecule has 5 rings (SSSR count). The molecule has 0 aliphatic carbocycles. The quantitative estimate of drug-likeness (QED) is 0.357. The van der Waals surface area contributed by atoms with E-state index in [1.165, 1.54) is 6.07 Å². The largest absolute Gasteiger partial charge is 0.493 e. The summed E-state index contributed by atoms with van der Waals surface area (Å²) in [5.41, 5.74) is 5.12. The molecule has 0 radical (unpaired) electrons. The van der Waals surface area contributed by atoms with Gasteiger partial charge in [-0.25, -0.2) is 23.1 Å². The molecule has 11 heteroatoms. The van der Waals surface area contributed by atoms with Gasteiger partial charge in [-0.3, -0.25) is 14.0 Å². The number of aromatic nitrogens is 5. The maximum atomic E-state index is 14.7. The first-order chi connectivity index (χ1) is 17.5. The van der Waals surface area contributed by atoms with Crippen molar-refractivity contribution in [3.05, 3.63) is 58.9 Å². The molecule has 1 aromatic carbocycles. The van der Waals surface area contributed by atoms with Crippen molar-refractivity contribution in [2.45, 2.75) is 26.4 Å². The summed E-state index contributed by atoms with van der Waals surface area (Å²) in [5.74, 6) is 0.883. The lowest BCUT2D eigenvalue weighted by molar-refractivity contribution is 0.219. The van der Waals surface area contributed by atoms with E-state index in [1.54, 1.807) is 32.4 Å². The lowest BCUT2D eigenvalue weighted by Gasteiger charge is -2.17. The molecule has 4 heterocycles. The minimum atomic E-state index is -0.571. The molecular weight excluding hydrogens is 471 g/mol. The van der Waals surface area contributed by atoms with Crippen LogP contribution in [0.25, 0.3) is 16.9 Å². The van der Waals surface area contributed by atoms with Crippen LogP contribution in [0.1, 0.15) is 22.5 Å². The minimum Gasteiger partial charge on any atom is -0.493 e. The zero-order valence-corrected chi connectivity index (χ0v) is 20.3. The molecule has 190 valence electrons. The third kappa shape index (κ3) is 4.62. The lowest BCUT2D eigenvalue weighted by atomic mass is 10.0. The first-order valence-electron chi connectivity index (χ1n) is 11.9. The summed E-state index contributed by atoms with van der Waals surface area (Å²) in [4.78, 5) is 11.1. The van der Waals surface area contributed by atoms with Crippen molar-refractivity contribution in [1.29, 1.82) is 0 Å². The number of hydrogen-bond donors (Lipinski definition) is 1. The summed E-state index contributed by atoms with van der Waals surface area (Å²) in [6.07, 6.45) is 4.16. The van der Waals surface area contributed by atoms with Crippen molar-refractivity contribution in [3.8, 4) is 17.0 Å². The number of rotatable bonds is 10. The Kier molecular flexibility index (Phi) is 6.82. The second-order valence-electron chi connectivity index (χ2n) is 8.82. The Morgan fingerprint density at radius 3 is 2.72 bits per heavy atom. The highest BCUT2D eigenvalue weighted by atomic mass is 19.1. The number of ether oxygens (including phenoxy) is 1. The lowest BCUT2D eigenvalue weighted by Crippen LogP contribution is -2.27. The fraction of sp³-hybridized carbons (Fsp3) is 0.400. The summed E-state index contributed by atoms with van der Waals surface area (Å²) in [6.45, 7) is 2.04. The van der Waals surface area contributed by atoms with E-state index >= 15 is 0 Å². The summed E-state index contributed by atoms with van der Waals surface area (Å²) in [6, 6.07) is 5.02. The second kappa shape index (κ2) is 10.2. The van der Waals surface area contributed by atoms with Gasteiger partial charge in [-0.05, 0) is 25.1 Å². The average molecular weight is 500 g/mol. The molecule has 1 aliphatic rings. The first kappa shape index (κ1) is 24.1. The van der Waals surface area contributed by atoms with Gasteiger partial charge in [-0.2, -0.15) is 5.10 Å². The van der Waals surface area contributed by atoms with Crippen LogP contribution in [0.15, 0.2) is 30.6 Å². The zero-order chi connectivity index (χ0) is 25.2. The second-order valence-corrected chi connectivity index (χ2v) is 8.82. The van der Waals surface area contributed by atoms with Gasteiger partial charge in [0.2, 0.25) is 5.95 Å². The fourth-order valence-corrected chi connectivity index (χ4v) is 4.69. The summed E-state index contributed by atoms with van der Waals surface area (Å²) in [5, 5.41) is 7.68. The molecular formula is C25H28F3N7O. The Hall–Kier alpha value is -3.60. The summed E-state index contributed by atoms with van der Waals surface area (Å²) in [7, 11) is 1.85. The molecule has 0 bridgehead atoms. The Bertz CT molecular complexity index is 1380. The number of alkyl halides is 2. The molecule has 0 atom stereocenters. The minimum absolute atomic E-state index is 0.120. The van der Waals surface area contributed by atoms with Crippen molar-refractivity contribution in [1.82, 2.24) is 29.0 Å². The normalized spacial score (nSPS) is 12.9. The Labute approximate surface area is 206 Å². The van der Waals surface area contributed by atoms with Gasteiger partial charge in [0.25, 0.3) is 0 Å². The van der Waals surface area contributed by atoms with Crippen LogP contribution in [0.4, 0.5) is 19.1 Å². The van der Waals surface area contributed by atoms with E-state index in [4.69, 9.17) is 9.72 Å². The standard InChI is InChI=1S/C25H28F3N7O/c1-16-11-22(33(2)32-16)20-13-30-25(29-12-19-18-5-10-36-23(18)4-3-21(19)28)35-15-17(31-24(20)35)14-34(8-6-26)9-7-27/h3-4,11,13,15H,5-10,12,14H2,1-2H3,(H,29,30). The van der Waals surface area contributed by atoms with Crippen LogP contribution in [0, 0.1) is 12.7 Å². The number of anilines is 1. The molecule has 0 saturated carbocycles. The van der Waals surface area contributed by atoms with E-state index < -0.39 is 13.3 Å². The molecule has 0 fully saturated rings. The molecule has 1 N–H and O–H groups in total. The molecule has 36 heavy (non-hydrogen) atoms. The van der Waals surface area contributed by atoms with Crippen molar-refractivity contribution in [2.75, 3.05) is 38.4 Å². The van der Waals surface area contributed by atoms with Gasteiger partial charge in [0.15, 0.2) is 5.65 Å². The van der Waals surface area contributed by atoms with Crippen LogP contribution >= 0.6 is 0 Å². The molecule has 0 spiro atoms. The smallest absolute Gasteiger partial charge is 0.208 e. The van der Waals surface area contributed by atoms with Crippen LogP contribution in [-0.4, -0.2) is 62.1 Å². The van der Waals surface area contributed by atoms with E-state index in [0.29, 0.717) is 41.6 Å². The summed E-state index contributed by atoms with van der Waals surface area (Å²) >= 11 is 0. The highest BCUT2D eigenvalue weighted by Gasteiger charge is 2.21. The van der Waals surface area contributed by atoms with Gasteiger partial charge in [-0.15, -0.1) is 0 Å². The number of hydrogen-bond acceptors (Lipinski definition) is 6. The summed E-state index contributed by atoms with van der Waals surface area (Å²) < 4.78 is 49.8. The van der Waals surface area contributed by atoms with Gasteiger partial charge in [0, 0.05) is 63.2 Å². The van der Waals surface area contributed by atoms with Gasteiger partial charge >= 0.3 is 0 Å². The van der Waals surface area contributed by atoms with E-state index in [2.05, 4.69) is 15.4 Å². The van der Waals surface area contributed by atoms with Crippen molar-refractivity contribution < 1.29 is 17.9 Å². The monoisotopic (exact) mass is 499 g/mol. The van der Waals surface area contributed by atoms with E-state index in [0.717, 1.165) is 22.5 Å². The third-order valence-corrected chi connectivity index (χ3v) is 6.37. The number of aryl methyl sites for hydroxylation is 2. The number of fused-ring (bicyclic) bond motifs is 2. The van der Waals surface area contributed by atoms with E-state index in [-0.39, 0.29) is 32.0 Å². The van der Waals surface area contributed by atoms with Crippen LogP contribution in [0.5, 0.6) is 5.75 Å². The number of benzene rings is 1. The van der Waals surface area contributed by atoms with Crippen LogP contribution < -0.4 is 10.1 Å². The maximum Gasteiger partial charge on any atom is 0.208 e. The van der Waals surface area contributed by atoms with Crippen LogP contribution in [0.2, 0.25) is 0 Å². The van der Waals surface area contributed by atoms with E-state index in [9.17, 15) is 13.2 Å². The predicted octanol–water partition coefficient (Wildman–Crippen LogP) is 3.87.